The van der Waals surface area contributed by atoms with Gasteiger partial charge in [0.15, 0.2) is 12.2 Å². The van der Waals surface area contributed by atoms with Gasteiger partial charge in [-0.2, -0.15) is 0 Å². The van der Waals surface area contributed by atoms with E-state index in [2.05, 4.69) is 0 Å². The van der Waals surface area contributed by atoms with Crippen LogP contribution in [0.4, 0.5) is 4.79 Å². The molecule has 12 heteroatoms. The molecule has 2 rings (SSSR count). The highest BCUT2D eigenvalue weighted by Crippen LogP contribution is 2.41. The molecular weight excluding hydrogens is 368 g/mol. The van der Waals surface area contributed by atoms with Crippen LogP contribution in [0.25, 0.3) is 0 Å². The van der Waals surface area contributed by atoms with Crippen molar-refractivity contribution in [1.29, 1.82) is 0 Å². The molecule has 0 bridgehead atoms. The van der Waals surface area contributed by atoms with Crippen molar-refractivity contribution in [2.45, 2.75) is 51.7 Å². The highest BCUT2D eigenvalue weighted by molar-refractivity contribution is 6.13. The van der Waals surface area contributed by atoms with Crippen LogP contribution in [0.1, 0.15) is 27.7 Å². The average molecular weight is 386 g/mol. The molecule has 2 aliphatic rings. The zero-order chi connectivity index (χ0) is 20.5. The van der Waals surface area contributed by atoms with Crippen molar-refractivity contribution in [2.75, 3.05) is 6.61 Å². The number of rotatable bonds is 4. The number of hydrogen-bond donors (Lipinski definition) is 1. The molecule has 148 valence electrons. The van der Waals surface area contributed by atoms with Crippen molar-refractivity contribution >= 4 is 35.8 Å². The van der Waals surface area contributed by atoms with Crippen LogP contribution >= 0.6 is 0 Å². The van der Waals surface area contributed by atoms with E-state index >= 15 is 0 Å². The number of carbonyl (C=O) groups is 6. The third kappa shape index (κ3) is 3.60. The number of carbonyl (C=O) groups excluding carboxylic acids is 6. The molecule has 27 heavy (non-hydrogen) atoms. The lowest BCUT2D eigenvalue weighted by atomic mass is 10.0. The van der Waals surface area contributed by atoms with Crippen molar-refractivity contribution in [3.05, 3.63) is 0 Å². The predicted octanol–water partition coefficient (Wildman–Crippen LogP) is -1.39. The van der Waals surface area contributed by atoms with Crippen LogP contribution in [0, 0.1) is 0 Å². The minimum atomic E-state index is -2.40. The van der Waals surface area contributed by atoms with Crippen molar-refractivity contribution in [2.24, 2.45) is 0 Å². The Bertz CT molecular complexity index is 719. The summed E-state index contributed by atoms with van der Waals surface area (Å²) in [6, 6.07) is -1.10. The molecular formula is C15H18N2O10. The van der Waals surface area contributed by atoms with E-state index in [4.69, 9.17) is 18.9 Å². The molecule has 1 spiro atoms. The highest BCUT2D eigenvalue weighted by Gasteiger charge is 2.72. The second kappa shape index (κ2) is 7.31. The largest absolute Gasteiger partial charge is 0.463 e. The molecule has 0 aromatic carbocycles. The van der Waals surface area contributed by atoms with E-state index in [1.165, 1.54) is 0 Å². The summed E-state index contributed by atoms with van der Waals surface area (Å²) < 4.78 is 20.6. The number of amides is 4. The van der Waals surface area contributed by atoms with Crippen LogP contribution in [0.15, 0.2) is 0 Å². The fourth-order valence-electron chi connectivity index (χ4n) is 3.00. The smallest absolute Gasteiger partial charge is 0.333 e. The lowest BCUT2D eigenvalue weighted by molar-refractivity contribution is -0.192. The van der Waals surface area contributed by atoms with Crippen LogP contribution in [-0.2, 0) is 42.9 Å². The Hall–Kier alpha value is -3.02. The lowest BCUT2D eigenvalue weighted by Crippen LogP contribution is -2.61. The first-order valence-electron chi connectivity index (χ1n) is 7.82. The molecule has 0 aliphatic carbocycles. The van der Waals surface area contributed by atoms with Crippen LogP contribution in [0.3, 0.4) is 0 Å². The van der Waals surface area contributed by atoms with Crippen molar-refractivity contribution in [1.82, 2.24) is 10.2 Å². The van der Waals surface area contributed by atoms with Gasteiger partial charge >= 0.3 is 23.9 Å². The van der Waals surface area contributed by atoms with Crippen LogP contribution in [-0.4, -0.2) is 71.3 Å². The number of esters is 3. The molecule has 2 fully saturated rings. The molecule has 0 unspecified atom stereocenters. The second-order valence-electron chi connectivity index (χ2n) is 5.87. The summed E-state index contributed by atoms with van der Waals surface area (Å²) in [5, 5.41) is 1.91. The third-order valence-corrected chi connectivity index (χ3v) is 3.82. The van der Waals surface area contributed by atoms with Gasteiger partial charge in [0.05, 0.1) is 0 Å². The Morgan fingerprint density at radius 1 is 1.04 bits per heavy atom. The topological polar surface area (TPSA) is 155 Å². The molecule has 0 aromatic heterocycles. The Morgan fingerprint density at radius 2 is 1.63 bits per heavy atom. The Labute approximate surface area is 153 Å². The van der Waals surface area contributed by atoms with Crippen molar-refractivity contribution in [3.8, 4) is 0 Å². The lowest BCUT2D eigenvalue weighted by Gasteiger charge is -2.33. The third-order valence-electron chi connectivity index (χ3n) is 3.82. The van der Waals surface area contributed by atoms with Crippen LogP contribution in [0.5, 0.6) is 0 Å². The molecule has 4 atom stereocenters. The Balaban J connectivity index is 2.56. The van der Waals surface area contributed by atoms with Gasteiger partial charge < -0.3 is 18.9 Å². The maximum atomic E-state index is 12.5. The number of ether oxygens (including phenoxy) is 4. The molecule has 12 nitrogen and oxygen atoms in total. The zero-order valence-electron chi connectivity index (χ0n) is 15.0. The first-order chi connectivity index (χ1) is 12.5. The second-order valence-corrected chi connectivity index (χ2v) is 5.87. The van der Waals surface area contributed by atoms with Gasteiger partial charge in [-0.15, -0.1) is 0 Å². The molecule has 0 saturated carbocycles. The van der Waals surface area contributed by atoms with E-state index in [0.29, 0.717) is 4.90 Å². The number of urea groups is 1. The maximum absolute atomic E-state index is 12.5. The van der Waals surface area contributed by atoms with Gasteiger partial charge in [0.2, 0.25) is 5.91 Å². The summed E-state index contributed by atoms with van der Waals surface area (Å²) in [4.78, 5) is 71.3. The maximum Gasteiger partial charge on any atom is 0.333 e. The summed E-state index contributed by atoms with van der Waals surface area (Å²) >= 11 is 0. The van der Waals surface area contributed by atoms with E-state index in [1.54, 1.807) is 0 Å². The molecule has 4 amide bonds. The number of hydrogen-bond acceptors (Lipinski definition) is 10. The van der Waals surface area contributed by atoms with Gasteiger partial charge in [-0.25, -0.2) is 9.69 Å². The van der Waals surface area contributed by atoms with E-state index in [9.17, 15) is 28.8 Å². The first kappa shape index (κ1) is 20.3. The number of nitrogens with one attached hydrogen (secondary N) is 1. The molecule has 2 saturated heterocycles. The van der Waals surface area contributed by atoms with Gasteiger partial charge in [-0.1, -0.05) is 0 Å². The summed E-state index contributed by atoms with van der Waals surface area (Å²) in [5.74, 6) is -4.36. The molecule has 2 aliphatic heterocycles. The quantitative estimate of drug-likeness (QED) is 0.347. The fraction of sp³-hybridized carbons (Fsp3) is 0.600. The molecule has 0 aromatic rings. The Kier molecular flexibility index (Phi) is 5.49. The Morgan fingerprint density at radius 3 is 2.11 bits per heavy atom. The highest BCUT2D eigenvalue weighted by atomic mass is 16.7. The minimum absolute atomic E-state index is 0.438. The normalized spacial score (nSPS) is 29.5. The standard InChI is InChI=1S/C15H18N2O10/c1-6(18)17-14(23)16-13(22)15(17)12(26-9(4)21)11(25-8(3)20)10(27-15)5-24-7(2)19/h10-12H,5H2,1-4H3,(H,16,22,23)/t10-,11+,12-,15-/m1/s1. The summed E-state index contributed by atoms with van der Waals surface area (Å²) in [5.41, 5.74) is -2.40. The number of nitrogens with zero attached hydrogens (tertiary/aromatic N) is 1. The van der Waals surface area contributed by atoms with Gasteiger partial charge in [-0.3, -0.25) is 29.3 Å². The monoisotopic (exact) mass is 386 g/mol. The van der Waals surface area contributed by atoms with Gasteiger partial charge in [-0.05, 0) is 0 Å². The van der Waals surface area contributed by atoms with E-state index in [1.807, 2.05) is 5.32 Å². The first-order valence-corrected chi connectivity index (χ1v) is 7.82. The van der Waals surface area contributed by atoms with E-state index in [-0.39, 0.29) is 0 Å². The SMILES string of the molecule is CC(=O)OC[C@H]1O[C@@]2(C(=O)NC(=O)N2C(C)=O)[C@H](OC(C)=O)[C@H]1OC(C)=O. The van der Waals surface area contributed by atoms with E-state index < -0.39 is 66.4 Å². The average Bonchev–Trinajstić information content (AvgIpc) is 2.93. The van der Waals surface area contributed by atoms with Gasteiger partial charge in [0, 0.05) is 27.7 Å². The fourth-order valence-corrected chi connectivity index (χ4v) is 3.00. The minimum Gasteiger partial charge on any atom is -0.463 e. The summed E-state index contributed by atoms with van der Waals surface area (Å²) in [7, 11) is 0. The predicted molar refractivity (Wildman–Crippen MR) is 81.4 cm³/mol. The van der Waals surface area contributed by atoms with E-state index in [0.717, 1.165) is 27.7 Å². The number of imide groups is 2. The van der Waals surface area contributed by atoms with Crippen LogP contribution < -0.4 is 5.32 Å². The van der Waals surface area contributed by atoms with Crippen molar-refractivity contribution in [3.63, 3.8) is 0 Å². The van der Waals surface area contributed by atoms with Gasteiger partial charge in [0.1, 0.15) is 12.7 Å². The zero-order valence-corrected chi connectivity index (χ0v) is 15.0. The van der Waals surface area contributed by atoms with Crippen molar-refractivity contribution < 1.29 is 47.7 Å². The summed E-state index contributed by atoms with van der Waals surface area (Å²) in [6.07, 6.45) is -4.39. The molecule has 2 heterocycles. The molecule has 0 radical (unpaired) electrons. The molecule has 1 N–H and O–H groups in total. The van der Waals surface area contributed by atoms with Gasteiger partial charge in [0.25, 0.3) is 11.6 Å². The summed E-state index contributed by atoms with van der Waals surface area (Å²) in [6.45, 7) is 3.70. The van der Waals surface area contributed by atoms with Crippen LogP contribution in [0.2, 0.25) is 0 Å².